The first-order chi connectivity index (χ1) is 13.8. The van der Waals surface area contributed by atoms with Crippen LogP contribution in [0, 0.1) is 6.92 Å². The van der Waals surface area contributed by atoms with Gasteiger partial charge in [0.2, 0.25) is 5.91 Å². The number of amides is 1. The zero-order chi connectivity index (χ0) is 20.8. The molecule has 150 valence electrons. The van der Waals surface area contributed by atoms with E-state index in [1.807, 2.05) is 31.2 Å². The maximum absolute atomic E-state index is 13.1. The molecule has 0 bridgehead atoms. The number of halogens is 3. The number of nitrogens with zero attached hydrogens (tertiary/aromatic N) is 1. The van der Waals surface area contributed by atoms with Crippen LogP contribution >= 0.6 is 0 Å². The highest BCUT2D eigenvalue weighted by atomic mass is 19.4. The third-order valence-electron chi connectivity index (χ3n) is 5.69. The third-order valence-corrected chi connectivity index (χ3v) is 5.69. The smallest absolute Gasteiger partial charge is 0.294 e. The lowest BCUT2D eigenvalue weighted by Crippen LogP contribution is -2.40. The molecule has 3 nitrogen and oxygen atoms in total. The van der Waals surface area contributed by atoms with Crippen LogP contribution in [0.5, 0.6) is 0 Å². The van der Waals surface area contributed by atoms with Gasteiger partial charge in [-0.25, -0.2) is 0 Å². The van der Waals surface area contributed by atoms with Crippen LogP contribution in [0.4, 0.5) is 18.9 Å². The Morgan fingerprint density at radius 1 is 0.966 bits per heavy atom. The number of hydrogen-bond acceptors (Lipinski definition) is 2. The van der Waals surface area contributed by atoms with Gasteiger partial charge < -0.3 is 0 Å². The Hall–Kier alpha value is -2.89. The Balaban J connectivity index is 1.82. The van der Waals surface area contributed by atoms with Gasteiger partial charge in [-0.2, -0.15) is 13.2 Å². The predicted octanol–water partition coefficient (Wildman–Crippen LogP) is 5.54. The summed E-state index contributed by atoms with van der Waals surface area (Å²) in [6, 6.07) is 12.3. The Kier molecular flexibility index (Phi) is 4.81. The lowest BCUT2D eigenvalue weighted by atomic mass is 9.76. The molecule has 1 heterocycles. The zero-order valence-electron chi connectivity index (χ0n) is 15.9. The molecule has 2 aliphatic rings. The second-order valence-electron chi connectivity index (χ2n) is 7.52. The van der Waals surface area contributed by atoms with E-state index in [1.54, 1.807) is 0 Å². The number of benzene rings is 2. The van der Waals surface area contributed by atoms with Crippen LogP contribution in [0.3, 0.4) is 0 Å². The first-order valence-electron chi connectivity index (χ1n) is 9.59. The Morgan fingerprint density at radius 3 is 2.31 bits per heavy atom. The van der Waals surface area contributed by atoms with Crippen molar-refractivity contribution >= 4 is 17.4 Å². The number of aryl methyl sites for hydroxylation is 1. The molecule has 1 unspecified atom stereocenters. The average molecular weight is 399 g/mol. The van der Waals surface area contributed by atoms with Crippen LogP contribution in [-0.2, 0) is 15.8 Å². The van der Waals surface area contributed by atoms with Gasteiger partial charge in [0, 0.05) is 35.7 Å². The molecular formula is C23H20F3NO2. The molecule has 2 aromatic rings. The number of allylic oxidation sites excluding steroid dienone is 2. The molecule has 0 saturated heterocycles. The van der Waals surface area contributed by atoms with Crippen LogP contribution in [0.2, 0.25) is 0 Å². The van der Waals surface area contributed by atoms with Crippen molar-refractivity contribution in [3.05, 3.63) is 76.5 Å². The van der Waals surface area contributed by atoms with Crippen molar-refractivity contribution in [2.75, 3.05) is 4.90 Å². The van der Waals surface area contributed by atoms with E-state index in [1.165, 1.54) is 17.0 Å². The number of ketones is 1. The molecule has 1 aliphatic carbocycles. The lowest BCUT2D eigenvalue weighted by molar-refractivity contribution is -0.137. The minimum atomic E-state index is -4.44. The molecule has 2 aromatic carbocycles. The summed E-state index contributed by atoms with van der Waals surface area (Å²) in [7, 11) is 0. The van der Waals surface area contributed by atoms with Crippen molar-refractivity contribution in [1.29, 1.82) is 0 Å². The van der Waals surface area contributed by atoms with Gasteiger partial charge in [-0.3, -0.25) is 14.5 Å². The van der Waals surface area contributed by atoms with Gasteiger partial charge in [0.15, 0.2) is 5.78 Å². The van der Waals surface area contributed by atoms with Gasteiger partial charge in [0.1, 0.15) is 0 Å². The topological polar surface area (TPSA) is 37.4 Å². The Bertz CT molecular complexity index is 1010. The number of anilines is 1. The highest BCUT2D eigenvalue weighted by Gasteiger charge is 2.40. The minimum Gasteiger partial charge on any atom is -0.294 e. The maximum atomic E-state index is 13.1. The highest BCUT2D eigenvalue weighted by Crippen LogP contribution is 2.44. The van der Waals surface area contributed by atoms with E-state index in [9.17, 15) is 22.8 Å². The fraction of sp³-hybridized carbons (Fsp3) is 0.304. The molecule has 0 N–H and O–H groups in total. The molecule has 0 saturated carbocycles. The molecule has 0 spiro atoms. The summed E-state index contributed by atoms with van der Waals surface area (Å²) >= 11 is 0. The van der Waals surface area contributed by atoms with Crippen LogP contribution < -0.4 is 4.90 Å². The molecule has 0 fully saturated rings. The summed E-state index contributed by atoms with van der Waals surface area (Å²) in [6.07, 6.45) is -2.71. The second kappa shape index (κ2) is 7.17. The first kappa shape index (κ1) is 19.4. The largest absolute Gasteiger partial charge is 0.416 e. The van der Waals surface area contributed by atoms with Crippen molar-refractivity contribution in [2.24, 2.45) is 0 Å². The summed E-state index contributed by atoms with van der Waals surface area (Å²) in [5.74, 6) is -0.493. The summed E-state index contributed by atoms with van der Waals surface area (Å²) in [5, 5.41) is 0. The standard InChI is InChI=1S/C23H20F3NO2/c1-14-5-2-3-6-17(14)18-13-21(29)27(19-7-4-8-20(28)22(18)19)16-11-9-15(10-12-16)23(24,25)26/h2-3,5-6,9-12,18H,4,7-8,13H2,1H3. The number of carbonyl (C=O) groups excluding carboxylic acids is 2. The molecule has 6 heteroatoms. The third kappa shape index (κ3) is 3.48. The van der Waals surface area contributed by atoms with Crippen molar-refractivity contribution in [3.8, 4) is 0 Å². The van der Waals surface area contributed by atoms with Gasteiger partial charge in [0.05, 0.1) is 5.56 Å². The number of carbonyl (C=O) groups is 2. The SMILES string of the molecule is Cc1ccccc1C1CC(=O)N(c2ccc(C(F)(F)F)cc2)C2=C1C(=O)CCC2. The van der Waals surface area contributed by atoms with E-state index in [-0.39, 0.29) is 24.0 Å². The van der Waals surface area contributed by atoms with Gasteiger partial charge in [-0.05, 0) is 55.2 Å². The van der Waals surface area contributed by atoms with Crippen LogP contribution in [-0.4, -0.2) is 11.7 Å². The van der Waals surface area contributed by atoms with Crippen LogP contribution in [0.25, 0.3) is 0 Å². The van der Waals surface area contributed by atoms with E-state index in [0.29, 0.717) is 36.2 Å². The number of alkyl halides is 3. The second-order valence-corrected chi connectivity index (χ2v) is 7.52. The average Bonchev–Trinajstić information content (AvgIpc) is 2.67. The number of Topliss-reactive ketones (excluding diaryl/α,β-unsaturated/α-hetero) is 1. The Morgan fingerprint density at radius 2 is 1.66 bits per heavy atom. The predicted molar refractivity (Wildman–Crippen MR) is 103 cm³/mol. The molecule has 0 aromatic heterocycles. The van der Waals surface area contributed by atoms with E-state index < -0.39 is 11.7 Å². The molecule has 1 atom stereocenters. The van der Waals surface area contributed by atoms with Crippen molar-refractivity contribution in [3.63, 3.8) is 0 Å². The van der Waals surface area contributed by atoms with Gasteiger partial charge in [-0.1, -0.05) is 24.3 Å². The quantitative estimate of drug-likeness (QED) is 0.665. The summed E-state index contributed by atoms with van der Waals surface area (Å²) in [6.45, 7) is 1.95. The minimum absolute atomic E-state index is 0.0175. The molecule has 1 amide bonds. The van der Waals surface area contributed by atoms with Crippen LogP contribution in [0.15, 0.2) is 59.8 Å². The zero-order valence-corrected chi connectivity index (χ0v) is 15.9. The van der Waals surface area contributed by atoms with Gasteiger partial charge in [-0.15, -0.1) is 0 Å². The van der Waals surface area contributed by atoms with Crippen molar-refractivity contribution < 1.29 is 22.8 Å². The normalized spacial score (nSPS) is 20.1. The molecule has 0 radical (unpaired) electrons. The van der Waals surface area contributed by atoms with Crippen LogP contribution in [0.1, 0.15) is 48.3 Å². The van der Waals surface area contributed by atoms with Crippen molar-refractivity contribution in [1.82, 2.24) is 0 Å². The highest BCUT2D eigenvalue weighted by molar-refractivity contribution is 6.07. The molecule has 29 heavy (non-hydrogen) atoms. The lowest BCUT2D eigenvalue weighted by Gasteiger charge is -2.38. The van der Waals surface area contributed by atoms with Gasteiger partial charge >= 0.3 is 6.18 Å². The molecule has 4 rings (SSSR count). The van der Waals surface area contributed by atoms with Gasteiger partial charge in [0.25, 0.3) is 0 Å². The summed E-state index contributed by atoms with van der Waals surface area (Å²) < 4.78 is 38.7. The van der Waals surface area contributed by atoms with E-state index in [4.69, 9.17) is 0 Å². The number of hydrogen-bond donors (Lipinski definition) is 0. The summed E-state index contributed by atoms with van der Waals surface area (Å²) in [5.41, 5.74) is 2.83. The van der Waals surface area contributed by atoms with Crippen molar-refractivity contribution in [2.45, 2.75) is 44.7 Å². The monoisotopic (exact) mass is 399 g/mol. The molecule has 1 aliphatic heterocycles. The maximum Gasteiger partial charge on any atom is 0.416 e. The van der Waals surface area contributed by atoms with E-state index >= 15 is 0 Å². The van der Waals surface area contributed by atoms with E-state index in [0.717, 1.165) is 23.3 Å². The van der Waals surface area contributed by atoms with E-state index in [2.05, 4.69) is 0 Å². The fourth-order valence-electron chi connectivity index (χ4n) is 4.34. The Labute approximate surface area is 166 Å². The first-order valence-corrected chi connectivity index (χ1v) is 9.59. The molecular weight excluding hydrogens is 379 g/mol. The number of rotatable bonds is 2. The summed E-state index contributed by atoms with van der Waals surface area (Å²) in [4.78, 5) is 27.4. The fourth-order valence-corrected chi connectivity index (χ4v) is 4.34.